The van der Waals surface area contributed by atoms with Crippen molar-refractivity contribution in [3.05, 3.63) is 126 Å². The van der Waals surface area contributed by atoms with Crippen molar-refractivity contribution in [3.63, 3.8) is 0 Å². The van der Waals surface area contributed by atoms with Gasteiger partial charge in [-0.15, -0.1) is 0 Å². The molecule has 2 aliphatic rings. The molecule has 0 N–H and O–H groups in total. The van der Waals surface area contributed by atoms with E-state index in [2.05, 4.69) is 101 Å². The molecule has 0 amide bonds. The normalized spacial score (nSPS) is 16.7. The summed E-state index contributed by atoms with van der Waals surface area (Å²) in [5.41, 5.74) is 5.76. The molecule has 1 heterocycles. The number of aryl methyl sites for hydroxylation is 2. The van der Waals surface area contributed by atoms with E-state index in [1.54, 1.807) is 11.8 Å². The van der Waals surface area contributed by atoms with Gasteiger partial charge in [-0.25, -0.2) is 0 Å². The molecule has 1 nitrogen and oxygen atoms in total. The van der Waals surface area contributed by atoms with Crippen LogP contribution >= 0.6 is 15.9 Å². The van der Waals surface area contributed by atoms with E-state index < -0.39 is 0 Å². The summed E-state index contributed by atoms with van der Waals surface area (Å²) in [6.07, 6.45) is 17.0. The summed E-state index contributed by atoms with van der Waals surface area (Å²) in [6, 6.07) is 27.1. The van der Waals surface area contributed by atoms with E-state index in [0.717, 1.165) is 18.4 Å². The van der Waals surface area contributed by atoms with Crippen molar-refractivity contribution in [2.24, 2.45) is 0 Å². The number of alkyl halides is 1. The van der Waals surface area contributed by atoms with Gasteiger partial charge in [-0.1, -0.05) is 107 Å². The highest BCUT2D eigenvalue weighted by Crippen LogP contribution is 2.40. The Hall–Kier alpha value is -3.10. The summed E-state index contributed by atoms with van der Waals surface area (Å²) in [7, 11) is 0. The fraction of sp³-hybridized carbons (Fsp3) is 0.212. The minimum Gasteiger partial charge on any atom is -0.497 e. The van der Waals surface area contributed by atoms with Crippen LogP contribution in [0.3, 0.4) is 0 Å². The number of ether oxygens (including phenoxy) is 1. The van der Waals surface area contributed by atoms with Gasteiger partial charge in [-0.05, 0) is 81.6 Å². The molecule has 176 valence electrons. The molecule has 0 saturated carbocycles. The van der Waals surface area contributed by atoms with Gasteiger partial charge in [0.05, 0.1) is 6.26 Å². The minimum atomic E-state index is 0.492. The highest BCUT2D eigenvalue weighted by molar-refractivity contribution is 9.09. The first kappa shape index (κ1) is 23.6. The van der Waals surface area contributed by atoms with Crippen LogP contribution in [0, 0.1) is 0 Å². The first-order valence-corrected chi connectivity index (χ1v) is 13.7. The Balaban J connectivity index is 0.000000371. The molecule has 4 aromatic rings. The van der Waals surface area contributed by atoms with Crippen LogP contribution in [-0.4, -0.2) is 11.9 Å². The number of fused-ring (bicyclic) bond motifs is 5. The van der Waals surface area contributed by atoms with Gasteiger partial charge in [0.25, 0.3) is 0 Å². The highest BCUT2D eigenvalue weighted by Gasteiger charge is 2.21. The number of hydrogen-bond acceptors (Lipinski definition) is 1. The number of allylic oxidation sites excluding steroid dienone is 3. The monoisotopic (exact) mass is 522 g/mol. The van der Waals surface area contributed by atoms with Crippen LogP contribution in [0.4, 0.5) is 0 Å². The van der Waals surface area contributed by atoms with Crippen LogP contribution in [0.2, 0.25) is 0 Å². The maximum atomic E-state index is 4.80. The number of rotatable bonds is 4. The van der Waals surface area contributed by atoms with Gasteiger partial charge < -0.3 is 4.74 Å². The van der Waals surface area contributed by atoms with Crippen molar-refractivity contribution in [3.8, 4) is 0 Å². The zero-order valence-corrected chi connectivity index (χ0v) is 21.6. The molecule has 0 bridgehead atoms. The van der Waals surface area contributed by atoms with Crippen LogP contribution in [-0.2, 0) is 17.6 Å². The standard InChI is InChI=1S/C28H25Br.C5H6O/c29-19-18-21-10-8-20(9-11-21)12-13-23-5-3-6-24-15-16-26-25-7-2-1-4-22(25)14-17-27(26)28(23)24;1-2-4-6-5-3-1/h1-2,4,7-17,23H,3,5-6,18-19H2;1-4H,5H2. The Morgan fingerprint density at radius 2 is 1.71 bits per heavy atom. The second kappa shape index (κ2) is 11.6. The van der Waals surface area contributed by atoms with Crippen molar-refractivity contribution in [1.29, 1.82) is 0 Å². The van der Waals surface area contributed by atoms with Crippen molar-refractivity contribution < 1.29 is 4.74 Å². The summed E-state index contributed by atoms with van der Waals surface area (Å²) >= 11 is 3.52. The average molecular weight is 524 g/mol. The Morgan fingerprint density at radius 3 is 2.46 bits per heavy atom. The molecule has 1 atom stereocenters. The quantitative estimate of drug-likeness (QED) is 0.191. The molecule has 0 fully saturated rings. The van der Waals surface area contributed by atoms with Crippen LogP contribution < -0.4 is 0 Å². The Bertz CT molecular complexity index is 1370. The van der Waals surface area contributed by atoms with Gasteiger partial charge in [-0.3, -0.25) is 0 Å². The number of halogens is 1. The SMILES string of the molecule is BrCCc1ccc(C=CC2CCCc3ccc4c(ccc5ccccc54)c32)cc1.C1=CCOC=C1. The molecule has 0 aromatic heterocycles. The van der Waals surface area contributed by atoms with Gasteiger partial charge in [0.1, 0.15) is 6.61 Å². The van der Waals surface area contributed by atoms with E-state index in [0.29, 0.717) is 5.92 Å². The Kier molecular flexibility index (Phi) is 7.80. The molecule has 4 aromatic carbocycles. The van der Waals surface area contributed by atoms with E-state index in [1.165, 1.54) is 57.5 Å². The van der Waals surface area contributed by atoms with Crippen molar-refractivity contribution in [2.45, 2.75) is 31.6 Å². The molecule has 6 rings (SSSR count). The zero-order valence-electron chi connectivity index (χ0n) is 20.0. The Morgan fingerprint density at radius 1 is 0.857 bits per heavy atom. The van der Waals surface area contributed by atoms with Crippen molar-refractivity contribution in [1.82, 2.24) is 0 Å². The third kappa shape index (κ3) is 5.60. The lowest BCUT2D eigenvalue weighted by Gasteiger charge is -2.25. The Labute approximate surface area is 217 Å². The molecule has 35 heavy (non-hydrogen) atoms. The lowest BCUT2D eigenvalue weighted by Crippen LogP contribution is -2.08. The van der Waals surface area contributed by atoms with Crippen molar-refractivity contribution in [2.75, 3.05) is 11.9 Å². The van der Waals surface area contributed by atoms with Crippen LogP contribution in [0.15, 0.2) is 103 Å². The minimum absolute atomic E-state index is 0.492. The highest BCUT2D eigenvalue weighted by atomic mass is 79.9. The topological polar surface area (TPSA) is 9.23 Å². The third-order valence-electron chi connectivity index (χ3n) is 6.89. The number of hydrogen-bond donors (Lipinski definition) is 0. The average Bonchev–Trinajstić information content (AvgIpc) is 2.93. The summed E-state index contributed by atoms with van der Waals surface area (Å²) in [5, 5.41) is 6.53. The molecule has 1 unspecified atom stereocenters. The number of benzene rings is 4. The zero-order chi connectivity index (χ0) is 23.9. The third-order valence-corrected chi connectivity index (χ3v) is 7.28. The molecular formula is C33H31BrO. The molecule has 0 saturated heterocycles. The maximum Gasteiger partial charge on any atom is 0.106 e. The first-order valence-electron chi connectivity index (χ1n) is 12.5. The van der Waals surface area contributed by atoms with Gasteiger partial charge in [0, 0.05) is 11.2 Å². The predicted molar refractivity (Wildman–Crippen MR) is 154 cm³/mol. The van der Waals surface area contributed by atoms with Crippen molar-refractivity contribution >= 4 is 43.6 Å². The van der Waals surface area contributed by atoms with Crippen LogP contribution in [0.1, 0.15) is 41.0 Å². The second-order valence-corrected chi connectivity index (χ2v) is 9.94. The molecule has 2 heteroatoms. The second-order valence-electron chi connectivity index (χ2n) is 9.15. The van der Waals surface area contributed by atoms with E-state index in [4.69, 9.17) is 4.74 Å². The lowest BCUT2D eigenvalue weighted by atomic mass is 9.79. The predicted octanol–water partition coefficient (Wildman–Crippen LogP) is 9.15. The largest absolute Gasteiger partial charge is 0.497 e. The van der Waals surface area contributed by atoms with E-state index in [9.17, 15) is 0 Å². The smallest absolute Gasteiger partial charge is 0.106 e. The van der Waals surface area contributed by atoms with Gasteiger partial charge in [-0.2, -0.15) is 0 Å². The van der Waals surface area contributed by atoms with Gasteiger partial charge in [0.2, 0.25) is 0 Å². The molecule has 0 spiro atoms. The van der Waals surface area contributed by atoms with E-state index in [-0.39, 0.29) is 0 Å². The molecule has 1 aliphatic heterocycles. The summed E-state index contributed by atoms with van der Waals surface area (Å²) in [6.45, 7) is 0.733. The van der Waals surface area contributed by atoms with Gasteiger partial charge in [0.15, 0.2) is 0 Å². The fourth-order valence-electron chi connectivity index (χ4n) is 5.14. The summed E-state index contributed by atoms with van der Waals surface area (Å²) in [4.78, 5) is 0. The lowest BCUT2D eigenvalue weighted by molar-refractivity contribution is 0.286. The molecule has 1 aliphatic carbocycles. The van der Waals surface area contributed by atoms with E-state index in [1.807, 2.05) is 18.2 Å². The summed E-state index contributed by atoms with van der Waals surface area (Å²) < 4.78 is 4.80. The first-order chi connectivity index (χ1) is 17.3. The van der Waals surface area contributed by atoms with Crippen LogP contribution in [0.5, 0.6) is 0 Å². The summed E-state index contributed by atoms with van der Waals surface area (Å²) in [5.74, 6) is 0.492. The molecular weight excluding hydrogens is 492 g/mol. The van der Waals surface area contributed by atoms with Crippen LogP contribution in [0.25, 0.3) is 27.6 Å². The molecule has 0 radical (unpaired) electrons. The van der Waals surface area contributed by atoms with Gasteiger partial charge >= 0.3 is 0 Å². The maximum absolute atomic E-state index is 4.80. The fourth-order valence-corrected chi connectivity index (χ4v) is 5.60. The van der Waals surface area contributed by atoms with E-state index >= 15 is 0 Å².